The van der Waals surface area contributed by atoms with E-state index in [9.17, 15) is 14.9 Å². The summed E-state index contributed by atoms with van der Waals surface area (Å²) in [4.78, 5) is 22.3. The van der Waals surface area contributed by atoms with Crippen LogP contribution in [0.25, 0.3) is 6.08 Å². The van der Waals surface area contributed by atoms with E-state index in [0.717, 1.165) is 11.3 Å². The van der Waals surface area contributed by atoms with Gasteiger partial charge in [0.1, 0.15) is 17.4 Å². The third kappa shape index (κ3) is 4.41. The van der Waals surface area contributed by atoms with E-state index in [2.05, 4.69) is 5.32 Å². The number of ether oxygens (including phenoxy) is 1. The van der Waals surface area contributed by atoms with Gasteiger partial charge in [-0.2, -0.15) is 5.26 Å². The number of nitriles is 1. The largest absolute Gasteiger partial charge is 0.494 e. The van der Waals surface area contributed by atoms with E-state index in [1.54, 1.807) is 30.3 Å². The Bertz CT molecular complexity index is 819. The van der Waals surface area contributed by atoms with Crippen LogP contribution in [0.2, 0.25) is 0 Å². The molecule has 0 aliphatic heterocycles. The van der Waals surface area contributed by atoms with Crippen molar-refractivity contribution in [3.8, 4) is 11.8 Å². The second-order valence-electron chi connectivity index (χ2n) is 4.56. The van der Waals surface area contributed by atoms with Crippen LogP contribution in [0.15, 0.2) is 41.3 Å². The molecule has 2 aromatic rings. The van der Waals surface area contributed by atoms with Crippen LogP contribution in [-0.2, 0) is 4.79 Å². The molecule has 1 N–H and O–H groups in total. The Hall–Kier alpha value is -3.18. The zero-order chi connectivity index (χ0) is 17.5. The fraction of sp³-hybridized carbons (Fsp3) is 0.125. The second-order valence-corrected chi connectivity index (χ2v) is 5.45. The Morgan fingerprint density at radius 3 is 2.71 bits per heavy atom. The highest BCUT2D eigenvalue weighted by atomic mass is 32.1. The molecule has 1 aromatic carbocycles. The smallest absolute Gasteiger partial charge is 0.324 e. The summed E-state index contributed by atoms with van der Waals surface area (Å²) in [5, 5.41) is 23.9. The van der Waals surface area contributed by atoms with Crippen LogP contribution in [0.4, 0.5) is 10.7 Å². The topological polar surface area (TPSA) is 105 Å². The molecule has 1 aromatic heterocycles. The van der Waals surface area contributed by atoms with Crippen LogP contribution in [0.5, 0.6) is 5.75 Å². The molecule has 0 aliphatic rings. The number of hydrogen-bond donors (Lipinski definition) is 1. The van der Waals surface area contributed by atoms with E-state index in [1.807, 2.05) is 6.92 Å². The highest BCUT2D eigenvalue weighted by Gasteiger charge is 2.13. The fourth-order valence-corrected chi connectivity index (χ4v) is 2.51. The number of amides is 1. The van der Waals surface area contributed by atoms with Gasteiger partial charge in [-0.3, -0.25) is 14.9 Å². The summed E-state index contributed by atoms with van der Waals surface area (Å²) in [5.74, 6) is 0.0904. The minimum absolute atomic E-state index is 0.0505. The van der Waals surface area contributed by atoms with Crippen LogP contribution in [-0.4, -0.2) is 17.4 Å². The van der Waals surface area contributed by atoms with E-state index < -0.39 is 10.8 Å². The maximum Gasteiger partial charge on any atom is 0.324 e. The molecule has 0 fully saturated rings. The van der Waals surface area contributed by atoms with E-state index in [4.69, 9.17) is 10.00 Å². The van der Waals surface area contributed by atoms with Crippen molar-refractivity contribution >= 4 is 34.0 Å². The molecule has 1 heterocycles. The van der Waals surface area contributed by atoms with Crippen molar-refractivity contribution in [3.63, 3.8) is 0 Å². The molecule has 0 saturated carbocycles. The minimum atomic E-state index is -0.587. The van der Waals surface area contributed by atoms with Crippen molar-refractivity contribution in [1.82, 2.24) is 0 Å². The third-order valence-electron chi connectivity index (χ3n) is 2.89. The molecule has 0 spiro atoms. The molecule has 0 saturated heterocycles. The van der Waals surface area contributed by atoms with Gasteiger partial charge < -0.3 is 10.1 Å². The number of hydrogen-bond acceptors (Lipinski definition) is 6. The average Bonchev–Trinajstić information content (AvgIpc) is 3.03. The molecule has 122 valence electrons. The maximum absolute atomic E-state index is 12.1. The number of carbonyl (C=O) groups excluding carboxylic acids is 1. The number of nitrogens with zero attached hydrogens (tertiary/aromatic N) is 2. The average molecular weight is 343 g/mol. The van der Waals surface area contributed by atoms with Gasteiger partial charge in [0.05, 0.1) is 11.5 Å². The van der Waals surface area contributed by atoms with Gasteiger partial charge in [0.25, 0.3) is 5.91 Å². The normalized spacial score (nSPS) is 10.8. The molecule has 24 heavy (non-hydrogen) atoms. The van der Waals surface area contributed by atoms with Gasteiger partial charge in [-0.1, -0.05) is 11.3 Å². The van der Waals surface area contributed by atoms with E-state index in [-0.39, 0.29) is 10.6 Å². The Kier molecular flexibility index (Phi) is 5.65. The van der Waals surface area contributed by atoms with Crippen molar-refractivity contribution < 1.29 is 14.5 Å². The van der Waals surface area contributed by atoms with Crippen LogP contribution in [0.1, 0.15) is 12.5 Å². The molecular formula is C16H13N3O4S. The van der Waals surface area contributed by atoms with Crippen molar-refractivity contribution in [2.24, 2.45) is 0 Å². The fourth-order valence-electron chi connectivity index (χ4n) is 1.83. The lowest BCUT2D eigenvalue weighted by molar-refractivity contribution is -0.380. The number of carbonyl (C=O) groups is 1. The number of nitrogens with one attached hydrogen (secondary N) is 1. The van der Waals surface area contributed by atoms with Gasteiger partial charge >= 0.3 is 5.00 Å². The first-order valence-corrected chi connectivity index (χ1v) is 7.80. The quantitative estimate of drug-likeness (QED) is 0.373. The van der Waals surface area contributed by atoms with E-state index in [1.165, 1.54) is 17.5 Å². The first kappa shape index (κ1) is 17.2. The summed E-state index contributed by atoms with van der Waals surface area (Å²) in [7, 11) is 0. The second kappa shape index (κ2) is 7.89. The zero-order valence-electron chi connectivity index (χ0n) is 12.7. The number of anilines is 1. The first-order chi connectivity index (χ1) is 11.5. The Balaban J connectivity index is 2.11. The first-order valence-electron chi connectivity index (χ1n) is 6.92. The SMILES string of the molecule is CCOc1ccc(NC(=O)C(C#N)=Cc2csc([N+](=O)[O-])c2)cc1. The lowest BCUT2D eigenvalue weighted by Gasteiger charge is -2.06. The highest BCUT2D eigenvalue weighted by Crippen LogP contribution is 2.24. The molecule has 0 unspecified atom stereocenters. The number of benzene rings is 1. The van der Waals surface area contributed by atoms with Gasteiger partial charge in [0.2, 0.25) is 0 Å². The van der Waals surface area contributed by atoms with Crippen LogP contribution >= 0.6 is 11.3 Å². The lowest BCUT2D eigenvalue weighted by atomic mass is 10.2. The minimum Gasteiger partial charge on any atom is -0.494 e. The standard InChI is InChI=1S/C16H13N3O4S/c1-2-23-14-5-3-13(4-6-14)18-16(20)12(9-17)7-11-8-15(19(21)22)24-10-11/h3-8,10H,2H2,1H3,(H,18,20). The van der Waals surface area contributed by atoms with Gasteiger partial charge in [0.15, 0.2) is 0 Å². The lowest BCUT2D eigenvalue weighted by Crippen LogP contribution is -2.13. The summed E-state index contributed by atoms with van der Waals surface area (Å²) in [6.07, 6.45) is 1.31. The zero-order valence-corrected chi connectivity index (χ0v) is 13.5. The predicted octanol–water partition coefficient (Wildman–Crippen LogP) is 3.60. The van der Waals surface area contributed by atoms with Crippen molar-refractivity contribution in [2.45, 2.75) is 6.92 Å². The maximum atomic E-state index is 12.1. The van der Waals surface area contributed by atoms with Gasteiger partial charge in [0, 0.05) is 17.1 Å². The van der Waals surface area contributed by atoms with Gasteiger partial charge in [-0.25, -0.2) is 0 Å². The number of nitro groups is 1. The molecule has 0 bridgehead atoms. The molecule has 0 radical (unpaired) electrons. The third-order valence-corrected chi connectivity index (χ3v) is 3.78. The van der Waals surface area contributed by atoms with Gasteiger partial charge in [-0.05, 0) is 42.8 Å². The summed E-state index contributed by atoms with van der Waals surface area (Å²) in [5.41, 5.74) is 0.808. The molecular weight excluding hydrogens is 330 g/mol. The monoisotopic (exact) mass is 343 g/mol. The van der Waals surface area contributed by atoms with Crippen LogP contribution in [0, 0.1) is 21.4 Å². The van der Waals surface area contributed by atoms with Crippen molar-refractivity contribution in [1.29, 1.82) is 5.26 Å². The summed E-state index contributed by atoms with van der Waals surface area (Å²) in [6.45, 7) is 2.41. The van der Waals surface area contributed by atoms with E-state index >= 15 is 0 Å². The molecule has 2 rings (SSSR count). The summed E-state index contributed by atoms with van der Waals surface area (Å²) < 4.78 is 5.30. The Morgan fingerprint density at radius 1 is 1.46 bits per heavy atom. The molecule has 1 amide bonds. The molecule has 0 atom stereocenters. The van der Waals surface area contributed by atoms with Crippen LogP contribution < -0.4 is 10.1 Å². The number of thiophene rings is 1. The van der Waals surface area contributed by atoms with Gasteiger partial charge in [-0.15, -0.1) is 0 Å². The Labute approximate surface area is 141 Å². The molecule has 7 nitrogen and oxygen atoms in total. The summed E-state index contributed by atoms with van der Waals surface area (Å²) >= 11 is 0.933. The van der Waals surface area contributed by atoms with Crippen molar-refractivity contribution in [3.05, 3.63) is 57.0 Å². The van der Waals surface area contributed by atoms with Crippen LogP contribution in [0.3, 0.4) is 0 Å². The molecule has 8 heteroatoms. The van der Waals surface area contributed by atoms with E-state index in [0.29, 0.717) is 23.6 Å². The molecule has 0 aliphatic carbocycles. The number of rotatable bonds is 6. The Morgan fingerprint density at radius 2 is 2.17 bits per heavy atom. The van der Waals surface area contributed by atoms with Crippen molar-refractivity contribution in [2.75, 3.05) is 11.9 Å². The highest BCUT2D eigenvalue weighted by molar-refractivity contribution is 7.13. The predicted molar refractivity (Wildman–Crippen MR) is 90.8 cm³/mol. The summed E-state index contributed by atoms with van der Waals surface area (Å²) in [6, 6.07) is 9.84.